The number of nitrogens with one attached hydrogen (secondary N) is 1. The first kappa shape index (κ1) is 16.4. The van der Waals surface area contributed by atoms with Gasteiger partial charge < -0.3 is 9.73 Å². The molecule has 0 saturated heterocycles. The first-order valence-electron chi connectivity index (χ1n) is 8.14. The van der Waals surface area contributed by atoms with Crippen LogP contribution in [-0.2, 0) is 19.4 Å². The van der Waals surface area contributed by atoms with Crippen LogP contribution in [0, 0.1) is 13.8 Å². The molecule has 2 heterocycles. The SMILES string of the molecule is Cc1nc2c(s1)CCc1oc(C(=O)NCc3cccc(Cl)c3)c(C)c1-2. The fourth-order valence-corrected chi connectivity index (χ4v) is 4.40. The number of hydrogen-bond donors (Lipinski definition) is 1. The number of carbonyl (C=O) groups is 1. The normalized spacial score (nSPS) is 12.6. The highest BCUT2D eigenvalue weighted by molar-refractivity contribution is 7.12. The largest absolute Gasteiger partial charge is 0.455 e. The number of benzene rings is 1. The van der Waals surface area contributed by atoms with Gasteiger partial charge >= 0.3 is 0 Å². The van der Waals surface area contributed by atoms with Crippen molar-refractivity contribution in [2.75, 3.05) is 0 Å². The van der Waals surface area contributed by atoms with Crippen LogP contribution in [0.25, 0.3) is 11.3 Å². The van der Waals surface area contributed by atoms with Gasteiger partial charge in [-0.15, -0.1) is 11.3 Å². The number of rotatable bonds is 3. The summed E-state index contributed by atoms with van der Waals surface area (Å²) in [4.78, 5) is 18.5. The zero-order valence-electron chi connectivity index (χ0n) is 14.0. The van der Waals surface area contributed by atoms with Crippen LogP contribution in [0.15, 0.2) is 28.7 Å². The van der Waals surface area contributed by atoms with Gasteiger partial charge in [0.25, 0.3) is 5.91 Å². The summed E-state index contributed by atoms with van der Waals surface area (Å²) in [5.41, 5.74) is 3.80. The predicted octanol–water partition coefficient (Wildman–Crippen LogP) is 4.70. The number of fused-ring (bicyclic) bond motifs is 3. The fraction of sp³-hybridized carbons (Fsp3) is 0.263. The van der Waals surface area contributed by atoms with Crippen molar-refractivity contribution in [1.29, 1.82) is 0 Å². The Kier molecular flexibility index (Phi) is 4.13. The lowest BCUT2D eigenvalue weighted by molar-refractivity contribution is 0.0920. The molecular weight excluding hydrogens is 356 g/mol. The molecule has 0 unspecified atom stereocenters. The lowest BCUT2D eigenvalue weighted by Gasteiger charge is -2.09. The topological polar surface area (TPSA) is 55.1 Å². The molecule has 0 atom stereocenters. The molecule has 4 rings (SSSR count). The summed E-state index contributed by atoms with van der Waals surface area (Å²) in [6.45, 7) is 4.35. The van der Waals surface area contributed by atoms with E-state index in [0.29, 0.717) is 17.3 Å². The Balaban J connectivity index is 1.60. The van der Waals surface area contributed by atoms with E-state index in [4.69, 9.17) is 16.0 Å². The second kappa shape index (κ2) is 6.32. The molecule has 0 spiro atoms. The first-order chi connectivity index (χ1) is 12.0. The van der Waals surface area contributed by atoms with Gasteiger partial charge in [0.05, 0.1) is 10.7 Å². The van der Waals surface area contributed by atoms with Crippen LogP contribution >= 0.6 is 22.9 Å². The molecule has 0 aliphatic heterocycles. The fourth-order valence-electron chi connectivity index (χ4n) is 3.25. The highest BCUT2D eigenvalue weighted by Gasteiger charge is 2.29. The Morgan fingerprint density at radius 1 is 1.36 bits per heavy atom. The first-order valence-corrected chi connectivity index (χ1v) is 9.34. The van der Waals surface area contributed by atoms with Gasteiger partial charge in [0.2, 0.25) is 0 Å². The average molecular weight is 373 g/mol. The van der Waals surface area contributed by atoms with E-state index in [2.05, 4.69) is 10.3 Å². The van der Waals surface area contributed by atoms with E-state index < -0.39 is 0 Å². The highest BCUT2D eigenvalue weighted by atomic mass is 35.5. The maximum absolute atomic E-state index is 12.6. The Bertz CT molecular complexity index is 974. The quantitative estimate of drug-likeness (QED) is 0.724. The van der Waals surface area contributed by atoms with E-state index in [-0.39, 0.29) is 5.91 Å². The number of halogens is 1. The van der Waals surface area contributed by atoms with Gasteiger partial charge in [-0.3, -0.25) is 4.79 Å². The maximum atomic E-state index is 12.6. The minimum absolute atomic E-state index is 0.208. The minimum Gasteiger partial charge on any atom is -0.455 e. The highest BCUT2D eigenvalue weighted by Crippen LogP contribution is 2.40. The third-order valence-electron chi connectivity index (χ3n) is 4.39. The van der Waals surface area contributed by atoms with Crippen LogP contribution in [0.4, 0.5) is 0 Å². The Labute approximate surface area is 154 Å². The Morgan fingerprint density at radius 3 is 3.00 bits per heavy atom. The number of carbonyl (C=O) groups excluding carboxylic acids is 1. The van der Waals surface area contributed by atoms with Crippen LogP contribution in [0.1, 0.15) is 37.3 Å². The number of aryl methyl sites for hydroxylation is 3. The molecule has 2 aromatic heterocycles. The predicted molar refractivity (Wildman–Crippen MR) is 99.3 cm³/mol. The molecule has 3 aromatic rings. The van der Waals surface area contributed by atoms with Crippen molar-refractivity contribution in [3.63, 3.8) is 0 Å². The van der Waals surface area contributed by atoms with Crippen LogP contribution in [0.2, 0.25) is 5.02 Å². The van der Waals surface area contributed by atoms with E-state index >= 15 is 0 Å². The van der Waals surface area contributed by atoms with Crippen molar-refractivity contribution >= 4 is 28.8 Å². The molecule has 1 N–H and O–H groups in total. The molecule has 4 nitrogen and oxygen atoms in total. The standard InChI is InChI=1S/C19H17ClN2O2S/c1-10-16-14(6-7-15-17(16)22-11(2)25-15)24-18(10)19(23)21-9-12-4-3-5-13(20)8-12/h3-5,8H,6-7,9H2,1-2H3,(H,21,23). The van der Waals surface area contributed by atoms with Gasteiger partial charge in [0.1, 0.15) is 5.76 Å². The molecule has 0 bridgehead atoms. The van der Waals surface area contributed by atoms with Crippen molar-refractivity contribution in [2.24, 2.45) is 0 Å². The van der Waals surface area contributed by atoms with Gasteiger partial charge in [-0.25, -0.2) is 4.98 Å². The van der Waals surface area contributed by atoms with Gasteiger partial charge in [-0.05, 0) is 38.0 Å². The third-order valence-corrected chi connectivity index (χ3v) is 5.65. The van der Waals surface area contributed by atoms with E-state index in [1.807, 2.05) is 38.1 Å². The molecule has 1 amide bonds. The summed E-state index contributed by atoms with van der Waals surface area (Å²) < 4.78 is 5.90. The lowest BCUT2D eigenvalue weighted by Crippen LogP contribution is -2.23. The van der Waals surface area contributed by atoms with E-state index in [1.54, 1.807) is 11.3 Å². The summed E-state index contributed by atoms with van der Waals surface area (Å²) in [6, 6.07) is 7.44. The Hall–Kier alpha value is -2.11. The second-order valence-corrected chi connectivity index (χ2v) is 7.90. The summed E-state index contributed by atoms with van der Waals surface area (Å²) in [6.07, 6.45) is 1.73. The molecule has 6 heteroatoms. The molecule has 25 heavy (non-hydrogen) atoms. The van der Waals surface area contributed by atoms with Crippen LogP contribution in [0.3, 0.4) is 0 Å². The monoisotopic (exact) mass is 372 g/mol. The number of amides is 1. The summed E-state index contributed by atoms with van der Waals surface area (Å²) in [5.74, 6) is 1.04. The lowest BCUT2D eigenvalue weighted by atomic mass is 9.97. The molecule has 0 fully saturated rings. The summed E-state index contributed by atoms with van der Waals surface area (Å²) in [7, 11) is 0. The molecule has 0 radical (unpaired) electrons. The van der Waals surface area contributed by atoms with Crippen LogP contribution in [-0.4, -0.2) is 10.9 Å². The van der Waals surface area contributed by atoms with Gasteiger partial charge in [0, 0.05) is 34.0 Å². The smallest absolute Gasteiger partial charge is 0.287 e. The number of hydrogen-bond acceptors (Lipinski definition) is 4. The van der Waals surface area contributed by atoms with Crippen molar-refractivity contribution in [1.82, 2.24) is 10.3 Å². The van der Waals surface area contributed by atoms with Crippen LogP contribution in [0.5, 0.6) is 0 Å². The van der Waals surface area contributed by atoms with E-state index in [1.165, 1.54) is 4.88 Å². The zero-order chi connectivity index (χ0) is 17.6. The minimum atomic E-state index is -0.208. The van der Waals surface area contributed by atoms with Crippen molar-refractivity contribution < 1.29 is 9.21 Å². The van der Waals surface area contributed by atoms with E-state index in [0.717, 1.165) is 46.0 Å². The number of aromatic nitrogens is 1. The molecule has 1 aliphatic rings. The molecule has 128 valence electrons. The number of furan rings is 1. The van der Waals surface area contributed by atoms with Gasteiger partial charge in [-0.2, -0.15) is 0 Å². The molecule has 1 aromatic carbocycles. The van der Waals surface area contributed by atoms with Crippen molar-refractivity contribution in [3.05, 3.63) is 61.8 Å². The third kappa shape index (κ3) is 2.98. The summed E-state index contributed by atoms with van der Waals surface area (Å²) >= 11 is 7.71. The second-order valence-electron chi connectivity index (χ2n) is 6.17. The molecule has 1 aliphatic carbocycles. The van der Waals surface area contributed by atoms with Crippen molar-refractivity contribution in [3.8, 4) is 11.3 Å². The van der Waals surface area contributed by atoms with Crippen molar-refractivity contribution in [2.45, 2.75) is 33.2 Å². The summed E-state index contributed by atoms with van der Waals surface area (Å²) in [5, 5.41) is 4.61. The number of thiazole rings is 1. The van der Waals surface area contributed by atoms with Crippen LogP contribution < -0.4 is 5.32 Å². The van der Waals surface area contributed by atoms with E-state index in [9.17, 15) is 4.79 Å². The number of nitrogens with zero attached hydrogens (tertiary/aromatic N) is 1. The molecular formula is C19H17ClN2O2S. The molecule has 0 saturated carbocycles. The Morgan fingerprint density at radius 2 is 2.20 bits per heavy atom. The average Bonchev–Trinajstić information content (AvgIpc) is 3.12. The van der Waals surface area contributed by atoms with Gasteiger partial charge in [0.15, 0.2) is 5.76 Å². The van der Waals surface area contributed by atoms with Gasteiger partial charge in [-0.1, -0.05) is 23.7 Å². The zero-order valence-corrected chi connectivity index (χ0v) is 15.6. The maximum Gasteiger partial charge on any atom is 0.287 e.